The lowest BCUT2D eigenvalue weighted by molar-refractivity contribution is -0.0385. The number of nitrogens with zero attached hydrogens (tertiary/aromatic N) is 2. The van der Waals surface area contributed by atoms with E-state index >= 15 is 0 Å². The summed E-state index contributed by atoms with van der Waals surface area (Å²) in [6.07, 6.45) is 2.42. The Morgan fingerprint density at radius 3 is 2.88 bits per heavy atom. The van der Waals surface area contributed by atoms with Gasteiger partial charge in [-0.15, -0.1) is 0 Å². The van der Waals surface area contributed by atoms with Crippen molar-refractivity contribution in [1.29, 1.82) is 0 Å². The average Bonchev–Trinajstić information content (AvgIpc) is 3.31. The van der Waals surface area contributed by atoms with Crippen molar-refractivity contribution in [2.75, 3.05) is 19.8 Å². The first kappa shape index (κ1) is 16.3. The number of benzene rings is 1. The van der Waals surface area contributed by atoms with Gasteiger partial charge in [-0.1, -0.05) is 36.8 Å². The number of aromatic amines is 1. The van der Waals surface area contributed by atoms with Gasteiger partial charge < -0.3 is 14.7 Å². The minimum atomic E-state index is -0.344. The molecule has 2 aromatic rings. The van der Waals surface area contributed by atoms with Gasteiger partial charge in [0.1, 0.15) is 5.69 Å². The summed E-state index contributed by atoms with van der Waals surface area (Å²) in [5.41, 5.74) is 2.22. The minimum Gasteiger partial charge on any atom is -0.393 e. The molecular weight excluding hydrogens is 318 g/mol. The van der Waals surface area contributed by atoms with E-state index in [0.29, 0.717) is 25.5 Å². The number of carbonyl (C=O) groups excluding carboxylic acids is 1. The summed E-state index contributed by atoms with van der Waals surface area (Å²) in [5.74, 6) is 0.0304. The Kier molecular flexibility index (Phi) is 4.55. The summed E-state index contributed by atoms with van der Waals surface area (Å²) in [4.78, 5) is 14.9. The molecule has 2 heterocycles. The van der Waals surface area contributed by atoms with E-state index in [2.05, 4.69) is 10.2 Å². The summed E-state index contributed by atoms with van der Waals surface area (Å²) in [5, 5.41) is 17.4. The highest BCUT2D eigenvalue weighted by molar-refractivity contribution is 5.93. The summed E-state index contributed by atoms with van der Waals surface area (Å²) >= 11 is 0. The van der Waals surface area contributed by atoms with Crippen molar-refractivity contribution in [2.45, 2.75) is 31.4 Å². The Labute approximate surface area is 146 Å². The van der Waals surface area contributed by atoms with Gasteiger partial charge in [0.15, 0.2) is 0 Å². The molecule has 1 amide bonds. The van der Waals surface area contributed by atoms with E-state index in [9.17, 15) is 9.90 Å². The zero-order chi connectivity index (χ0) is 17.2. The van der Waals surface area contributed by atoms with Crippen molar-refractivity contribution in [2.24, 2.45) is 5.92 Å². The van der Waals surface area contributed by atoms with Crippen LogP contribution in [0.2, 0.25) is 0 Å². The molecule has 6 nitrogen and oxygen atoms in total. The van der Waals surface area contributed by atoms with Gasteiger partial charge in [0.05, 0.1) is 31.1 Å². The number of aromatic nitrogens is 2. The lowest BCUT2D eigenvalue weighted by Gasteiger charge is -2.39. The summed E-state index contributed by atoms with van der Waals surface area (Å²) in [7, 11) is 0. The largest absolute Gasteiger partial charge is 0.393 e. The third kappa shape index (κ3) is 3.19. The van der Waals surface area contributed by atoms with Crippen LogP contribution in [-0.4, -0.2) is 58.0 Å². The third-order valence-electron chi connectivity index (χ3n) is 5.33. The van der Waals surface area contributed by atoms with Crippen molar-refractivity contribution >= 4 is 5.91 Å². The lowest BCUT2D eigenvalue weighted by Crippen LogP contribution is -2.53. The van der Waals surface area contributed by atoms with Gasteiger partial charge in [0.2, 0.25) is 0 Å². The topological polar surface area (TPSA) is 78.5 Å². The van der Waals surface area contributed by atoms with Gasteiger partial charge in [0, 0.05) is 18.0 Å². The molecule has 3 atom stereocenters. The number of rotatable bonds is 3. The number of aliphatic hydroxyl groups excluding tert-OH is 1. The van der Waals surface area contributed by atoms with Crippen LogP contribution in [0.5, 0.6) is 0 Å². The molecule has 1 saturated carbocycles. The maximum absolute atomic E-state index is 13.0. The second-order valence-electron chi connectivity index (χ2n) is 6.84. The first-order valence-corrected chi connectivity index (χ1v) is 8.91. The minimum absolute atomic E-state index is 0.0674. The zero-order valence-electron chi connectivity index (χ0n) is 14.1. The monoisotopic (exact) mass is 341 g/mol. The Morgan fingerprint density at radius 2 is 2.12 bits per heavy atom. The molecule has 0 bridgehead atoms. The fraction of sp³-hybridized carbons (Fsp3) is 0.474. The van der Waals surface area contributed by atoms with Crippen LogP contribution in [0.1, 0.15) is 29.8 Å². The van der Waals surface area contributed by atoms with Gasteiger partial charge in [-0.25, -0.2) is 0 Å². The molecule has 0 spiro atoms. The van der Waals surface area contributed by atoms with Crippen LogP contribution >= 0.6 is 0 Å². The molecule has 2 fully saturated rings. The second-order valence-corrected chi connectivity index (χ2v) is 6.84. The van der Waals surface area contributed by atoms with E-state index in [-0.39, 0.29) is 24.0 Å². The number of carbonyl (C=O) groups is 1. The highest BCUT2D eigenvalue weighted by atomic mass is 16.5. The second kappa shape index (κ2) is 6.98. The number of amides is 1. The van der Waals surface area contributed by atoms with E-state index in [1.54, 1.807) is 6.07 Å². The fourth-order valence-corrected chi connectivity index (χ4v) is 3.99. The number of hydrogen-bond donors (Lipinski definition) is 2. The van der Waals surface area contributed by atoms with Crippen LogP contribution in [0.25, 0.3) is 11.3 Å². The van der Waals surface area contributed by atoms with E-state index < -0.39 is 0 Å². The van der Waals surface area contributed by atoms with Crippen LogP contribution in [0.3, 0.4) is 0 Å². The van der Waals surface area contributed by atoms with Crippen molar-refractivity contribution in [1.82, 2.24) is 15.1 Å². The highest BCUT2D eigenvalue weighted by Crippen LogP contribution is 2.33. The number of ether oxygens (including phenoxy) is 1. The number of nitrogens with one attached hydrogen (secondary N) is 1. The Balaban J connectivity index is 1.55. The number of morpholine rings is 1. The molecule has 1 aromatic carbocycles. The standard InChI is InChI=1S/C19H23N3O3/c23-18-8-4-7-14(18)17-12-25-10-9-22(17)19(24)16-11-15(20-21-16)13-5-2-1-3-6-13/h1-3,5-6,11,14,17-18,23H,4,7-10,12H2,(H,20,21). The molecule has 2 N–H and O–H groups in total. The maximum Gasteiger partial charge on any atom is 0.272 e. The number of hydrogen-bond acceptors (Lipinski definition) is 4. The maximum atomic E-state index is 13.0. The summed E-state index contributed by atoms with van der Waals surface area (Å²) < 4.78 is 5.60. The van der Waals surface area contributed by atoms with E-state index in [0.717, 1.165) is 30.5 Å². The van der Waals surface area contributed by atoms with Crippen LogP contribution in [0.4, 0.5) is 0 Å². The van der Waals surface area contributed by atoms with Crippen molar-refractivity contribution < 1.29 is 14.6 Å². The number of H-pyrrole nitrogens is 1. The molecule has 25 heavy (non-hydrogen) atoms. The fourth-order valence-electron chi connectivity index (χ4n) is 3.99. The van der Waals surface area contributed by atoms with Gasteiger partial charge in [-0.3, -0.25) is 9.89 Å². The van der Waals surface area contributed by atoms with Crippen LogP contribution in [-0.2, 0) is 4.74 Å². The molecule has 3 unspecified atom stereocenters. The molecule has 4 rings (SSSR count). The Morgan fingerprint density at radius 1 is 1.28 bits per heavy atom. The van der Waals surface area contributed by atoms with Gasteiger partial charge in [-0.2, -0.15) is 5.10 Å². The molecule has 1 aliphatic carbocycles. The average molecular weight is 341 g/mol. The number of aliphatic hydroxyl groups is 1. The normalized spacial score (nSPS) is 26.8. The molecule has 1 saturated heterocycles. The van der Waals surface area contributed by atoms with Gasteiger partial charge in [-0.05, 0) is 18.9 Å². The molecule has 132 valence electrons. The predicted molar refractivity (Wildman–Crippen MR) is 93.0 cm³/mol. The lowest BCUT2D eigenvalue weighted by atomic mass is 9.94. The SMILES string of the molecule is O=C(c1cc(-c2ccccc2)n[nH]1)N1CCOCC1C1CCCC1O. The third-order valence-corrected chi connectivity index (χ3v) is 5.33. The van der Waals surface area contributed by atoms with Crippen molar-refractivity contribution in [3.05, 3.63) is 42.1 Å². The summed E-state index contributed by atoms with van der Waals surface area (Å²) in [6.45, 7) is 1.57. The quantitative estimate of drug-likeness (QED) is 0.896. The van der Waals surface area contributed by atoms with E-state index in [4.69, 9.17) is 4.74 Å². The van der Waals surface area contributed by atoms with Gasteiger partial charge >= 0.3 is 0 Å². The molecular formula is C19H23N3O3. The Bertz CT molecular complexity index is 731. The van der Waals surface area contributed by atoms with Crippen LogP contribution in [0.15, 0.2) is 36.4 Å². The van der Waals surface area contributed by atoms with Crippen LogP contribution < -0.4 is 0 Å². The first-order chi connectivity index (χ1) is 12.2. The predicted octanol–water partition coefficient (Wildman–Crippen LogP) is 2.08. The van der Waals surface area contributed by atoms with E-state index in [1.165, 1.54) is 0 Å². The van der Waals surface area contributed by atoms with Gasteiger partial charge in [0.25, 0.3) is 5.91 Å². The molecule has 1 aromatic heterocycles. The summed E-state index contributed by atoms with van der Waals surface area (Å²) in [6, 6.07) is 11.5. The first-order valence-electron chi connectivity index (χ1n) is 8.91. The zero-order valence-corrected chi connectivity index (χ0v) is 14.1. The van der Waals surface area contributed by atoms with E-state index in [1.807, 2.05) is 35.2 Å². The van der Waals surface area contributed by atoms with Crippen molar-refractivity contribution in [3.63, 3.8) is 0 Å². The molecule has 2 aliphatic rings. The molecule has 1 aliphatic heterocycles. The molecule has 6 heteroatoms. The Hall–Kier alpha value is -2.18. The van der Waals surface area contributed by atoms with Crippen molar-refractivity contribution in [3.8, 4) is 11.3 Å². The van der Waals surface area contributed by atoms with Crippen LogP contribution in [0, 0.1) is 5.92 Å². The smallest absolute Gasteiger partial charge is 0.272 e. The highest BCUT2D eigenvalue weighted by Gasteiger charge is 2.40. The molecule has 0 radical (unpaired) electrons.